The Morgan fingerprint density at radius 1 is 0.889 bits per heavy atom. The number of benzene rings is 3. The molecule has 0 spiro atoms. The fraction of sp³-hybridized carbons (Fsp3) is 0.136. The Kier molecular flexibility index (Phi) is 4.44. The number of halogens is 3. The van der Waals surface area contributed by atoms with Crippen LogP contribution in [0.1, 0.15) is 33.1 Å². The fourth-order valence-corrected chi connectivity index (χ4v) is 3.61. The third-order valence-corrected chi connectivity index (χ3v) is 4.89. The van der Waals surface area contributed by atoms with Crippen molar-refractivity contribution in [2.24, 2.45) is 0 Å². The molecule has 5 heteroatoms. The number of carbonyl (C=O) groups excluding carboxylic acids is 1. The van der Waals surface area contributed by atoms with E-state index in [0.717, 1.165) is 29.3 Å². The summed E-state index contributed by atoms with van der Waals surface area (Å²) < 4.78 is 41.2. The number of hydrogen-bond donors (Lipinski definition) is 0. The van der Waals surface area contributed by atoms with Gasteiger partial charge in [0.25, 0.3) is 5.91 Å². The molecule has 2 nitrogen and oxygen atoms in total. The van der Waals surface area contributed by atoms with Crippen LogP contribution in [0.3, 0.4) is 0 Å². The van der Waals surface area contributed by atoms with Crippen molar-refractivity contribution in [3.63, 3.8) is 0 Å². The maximum atomic E-state index is 14.2. The lowest BCUT2D eigenvalue weighted by molar-refractivity contribution is 0.0689. The summed E-state index contributed by atoms with van der Waals surface area (Å²) in [7, 11) is 0. The predicted molar refractivity (Wildman–Crippen MR) is 95.8 cm³/mol. The second-order valence-electron chi connectivity index (χ2n) is 6.53. The Bertz CT molecular complexity index is 1000. The fourth-order valence-electron chi connectivity index (χ4n) is 3.61. The largest absolute Gasteiger partial charge is 0.327 e. The first-order chi connectivity index (χ1) is 13.0. The highest BCUT2D eigenvalue weighted by Crippen LogP contribution is 2.36. The van der Waals surface area contributed by atoms with Crippen molar-refractivity contribution in [2.75, 3.05) is 6.54 Å². The van der Waals surface area contributed by atoms with Crippen molar-refractivity contribution < 1.29 is 18.0 Å². The molecule has 136 valence electrons. The molecule has 1 aliphatic heterocycles. The topological polar surface area (TPSA) is 20.3 Å². The highest BCUT2D eigenvalue weighted by molar-refractivity contribution is 5.95. The van der Waals surface area contributed by atoms with E-state index in [1.165, 1.54) is 17.0 Å². The molecule has 0 radical (unpaired) electrons. The van der Waals surface area contributed by atoms with Crippen LogP contribution in [-0.4, -0.2) is 17.4 Å². The number of hydrogen-bond acceptors (Lipinski definition) is 1. The second kappa shape index (κ2) is 6.91. The molecule has 0 saturated heterocycles. The number of fused-ring (bicyclic) bond motifs is 1. The minimum absolute atomic E-state index is 0.304. The first-order valence-electron chi connectivity index (χ1n) is 8.64. The van der Waals surface area contributed by atoms with Crippen molar-refractivity contribution in [1.29, 1.82) is 0 Å². The van der Waals surface area contributed by atoms with Gasteiger partial charge in [-0.2, -0.15) is 0 Å². The van der Waals surface area contributed by atoms with Crippen LogP contribution in [0.2, 0.25) is 0 Å². The van der Waals surface area contributed by atoms with E-state index in [1.54, 1.807) is 12.1 Å². The lowest BCUT2D eigenvalue weighted by atomic mass is 9.87. The van der Waals surface area contributed by atoms with Gasteiger partial charge >= 0.3 is 0 Å². The van der Waals surface area contributed by atoms with E-state index >= 15 is 0 Å². The van der Waals surface area contributed by atoms with Crippen LogP contribution in [0.4, 0.5) is 13.2 Å². The Hall–Kier alpha value is -3.08. The molecule has 4 rings (SSSR count). The monoisotopic (exact) mass is 367 g/mol. The summed E-state index contributed by atoms with van der Waals surface area (Å²) in [6, 6.07) is 15.9. The SMILES string of the molecule is O=C(c1cc(F)ccc1F)N1CCc2ccccc2[C@@H]1c1ccc(F)cc1. The molecular weight excluding hydrogens is 351 g/mol. The molecule has 0 aliphatic carbocycles. The molecule has 0 N–H and O–H groups in total. The van der Waals surface area contributed by atoms with Crippen LogP contribution in [0.25, 0.3) is 0 Å². The number of carbonyl (C=O) groups is 1. The van der Waals surface area contributed by atoms with E-state index in [2.05, 4.69) is 0 Å². The van der Waals surface area contributed by atoms with E-state index in [9.17, 15) is 18.0 Å². The van der Waals surface area contributed by atoms with Crippen LogP contribution in [0.15, 0.2) is 66.7 Å². The van der Waals surface area contributed by atoms with E-state index in [4.69, 9.17) is 0 Å². The summed E-state index contributed by atoms with van der Waals surface area (Å²) >= 11 is 0. The van der Waals surface area contributed by atoms with Crippen molar-refractivity contribution in [3.05, 3.63) is 106 Å². The van der Waals surface area contributed by atoms with Crippen LogP contribution >= 0.6 is 0 Å². The molecule has 3 aromatic carbocycles. The van der Waals surface area contributed by atoms with Crippen LogP contribution in [0, 0.1) is 17.5 Å². The smallest absolute Gasteiger partial charge is 0.257 e. The first-order valence-corrected chi connectivity index (χ1v) is 8.64. The summed E-state index contributed by atoms with van der Waals surface area (Å²) in [5.74, 6) is -2.40. The molecule has 1 amide bonds. The summed E-state index contributed by atoms with van der Waals surface area (Å²) in [5, 5.41) is 0. The lowest BCUT2D eigenvalue weighted by Gasteiger charge is -2.38. The van der Waals surface area contributed by atoms with Gasteiger partial charge in [0.2, 0.25) is 0 Å². The maximum Gasteiger partial charge on any atom is 0.257 e. The van der Waals surface area contributed by atoms with Crippen molar-refractivity contribution in [3.8, 4) is 0 Å². The molecule has 0 aromatic heterocycles. The van der Waals surface area contributed by atoms with Gasteiger partial charge < -0.3 is 4.90 Å². The van der Waals surface area contributed by atoms with Gasteiger partial charge in [-0.25, -0.2) is 13.2 Å². The minimum Gasteiger partial charge on any atom is -0.327 e. The Labute approximate surface area is 154 Å². The van der Waals surface area contributed by atoms with E-state index in [1.807, 2.05) is 24.3 Å². The number of nitrogens with zero attached hydrogens (tertiary/aromatic N) is 1. The Morgan fingerprint density at radius 2 is 1.59 bits per heavy atom. The van der Waals surface area contributed by atoms with E-state index < -0.39 is 23.6 Å². The summed E-state index contributed by atoms with van der Waals surface area (Å²) in [5.41, 5.74) is 2.39. The van der Waals surface area contributed by atoms with Gasteiger partial charge in [0.1, 0.15) is 17.5 Å². The zero-order valence-electron chi connectivity index (χ0n) is 14.3. The molecule has 27 heavy (non-hydrogen) atoms. The molecule has 0 saturated carbocycles. The van der Waals surface area contributed by atoms with E-state index in [0.29, 0.717) is 18.5 Å². The highest BCUT2D eigenvalue weighted by atomic mass is 19.1. The Morgan fingerprint density at radius 3 is 2.37 bits per heavy atom. The third kappa shape index (κ3) is 3.21. The van der Waals surface area contributed by atoms with Crippen molar-refractivity contribution in [2.45, 2.75) is 12.5 Å². The minimum atomic E-state index is -0.766. The van der Waals surface area contributed by atoms with Gasteiger partial charge in [0.05, 0.1) is 11.6 Å². The van der Waals surface area contributed by atoms with Gasteiger partial charge in [0, 0.05) is 6.54 Å². The van der Waals surface area contributed by atoms with Crippen molar-refractivity contribution in [1.82, 2.24) is 4.90 Å². The summed E-state index contributed by atoms with van der Waals surface area (Å²) in [6.45, 7) is 0.355. The third-order valence-electron chi connectivity index (χ3n) is 4.89. The molecule has 1 heterocycles. The number of rotatable bonds is 2. The zero-order valence-corrected chi connectivity index (χ0v) is 14.3. The van der Waals surface area contributed by atoms with Gasteiger partial charge in [-0.05, 0) is 53.4 Å². The maximum absolute atomic E-state index is 14.2. The molecule has 0 fully saturated rings. The van der Waals surface area contributed by atoms with E-state index in [-0.39, 0.29) is 11.4 Å². The molecule has 1 aliphatic rings. The Balaban J connectivity index is 1.82. The molecule has 0 bridgehead atoms. The first kappa shape index (κ1) is 17.3. The van der Waals surface area contributed by atoms with Gasteiger partial charge in [-0.15, -0.1) is 0 Å². The van der Waals surface area contributed by atoms with Gasteiger partial charge in [-0.3, -0.25) is 4.79 Å². The normalized spacial score (nSPS) is 16.1. The summed E-state index contributed by atoms with van der Waals surface area (Å²) in [4.78, 5) is 14.6. The predicted octanol–water partition coefficient (Wildman–Crippen LogP) is 4.89. The quantitative estimate of drug-likeness (QED) is 0.631. The van der Waals surface area contributed by atoms with Crippen LogP contribution in [0.5, 0.6) is 0 Å². The molecule has 0 unspecified atom stereocenters. The van der Waals surface area contributed by atoms with Gasteiger partial charge in [0.15, 0.2) is 0 Å². The van der Waals surface area contributed by atoms with Crippen LogP contribution < -0.4 is 0 Å². The number of amides is 1. The molecular formula is C22H16F3NO. The average Bonchev–Trinajstić information content (AvgIpc) is 2.69. The average molecular weight is 367 g/mol. The molecule has 1 atom stereocenters. The lowest BCUT2D eigenvalue weighted by Crippen LogP contribution is -2.41. The van der Waals surface area contributed by atoms with Gasteiger partial charge in [-0.1, -0.05) is 36.4 Å². The van der Waals surface area contributed by atoms with Crippen molar-refractivity contribution >= 4 is 5.91 Å². The van der Waals surface area contributed by atoms with Crippen LogP contribution in [-0.2, 0) is 6.42 Å². The molecule has 3 aromatic rings. The standard InChI is InChI=1S/C22H16F3NO/c23-16-7-5-15(6-8-16)21-18-4-2-1-3-14(18)11-12-26(21)22(27)19-13-17(24)9-10-20(19)25/h1-10,13,21H,11-12H2/t21-/m0/s1. The highest BCUT2D eigenvalue weighted by Gasteiger charge is 2.33. The second-order valence-corrected chi connectivity index (χ2v) is 6.53. The summed E-state index contributed by atoms with van der Waals surface area (Å²) in [6.07, 6.45) is 0.608. The zero-order chi connectivity index (χ0) is 19.0.